The molecule has 0 aromatic carbocycles. The van der Waals surface area contributed by atoms with E-state index in [2.05, 4.69) is 15.9 Å². The molecule has 1 saturated heterocycles. The van der Waals surface area contributed by atoms with Gasteiger partial charge in [0.05, 0.1) is 5.92 Å². The molecule has 1 aliphatic rings. The van der Waals surface area contributed by atoms with Crippen molar-refractivity contribution in [2.75, 3.05) is 6.54 Å². The van der Waals surface area contributed by atoms with Crippen LogP contribution in [0.15, 0.2) is 27.3 Å². The van der Waals surface area contributed by atoms with Crippen LogP contribution in [0, 0.1) is 5.92 Å². The fourth-order valence-electron chi connectivity index (χ4n) is 2.31. The Morgan fingerprint density at radius 1 is 1.45 bits per heavy atom. The van der Waals surface area contributed by atoms with Gasteiger partial charge in [0.25, 0.3) is 0 Å². The Labute approximate surface area is 125 Å². The SMILES string of the molecule is C[C@@H]1CC[C@H](C(N)=O)CN1C(=O)/C=C/c1ccc(Br)o1. The van der Waals surface area contributed by atoms with Gasteiger partial charge in [-0.05, 0) is 53.9 Å². The first-order valence-corrected chi connectivity index (χ1v) is 7.30. The Kier molecular flexibility index (Phi) is 4.65. The number of furan rings is 1. The topological polar surface area (TPSA) is 76.5 Å². The van der Waals surface area contributed by atoms with Gasteiger partial charge in [-0.3, -0.25) is 9.59 Å². The molecule has 1 fully saturated rings. The second-order valence-corrected chi connectivity index (χ2v) is 5.77. The van der Waals surface area contributed by atoms with Crippen molar-refractivity contribution in [3.05, 3.63) is 28.6 Å². The summed E-state index contributed by atoms with van der Waals surface area (Å²) in [5, 5.41) is 0. The molecule has 2 amide bonds. The van der Waals surface area contributed by atoms with E-state index in [1.165, 1.54) is 6.08 Å². The Hall–Kier alpha value is -1.56. The number of primary amides is 1. The fourth-order valence-corrected chi connectivity index (χ4v) is 2.63. The molecule has 0 bridgehead atoms. The summed E-state index contributed by atoms with van der Waals surface area (Å²) in [7, 11) is 0. The van der Waals surface area contributed by atoms with Crippen LogP contribution in [0.3, 0.4) is 0 Å². The summed E-state index contributed by atoms with van der Waals surface area (Å²) >= 11 is 3.20. The predicted molar refractivity (Wildman–Crippen MR) is 78.5 cm³/mol. The van der Waals surface area contributed by atoms with E-state index in [1.807, 2.05) is 6.92 Å². The van der Waals surface area contributed by atoms with E-state index >= 15 is 0 Å². The molecule has 0 unspecified atom stereocenters. The number of nitrogens with two attached hydrogens (primary N) is 1. The van der Waals surface area contributed by atoms with Crippen molar-refractivity contribution in [2.45, 2.75) is 25.8 Å². The summed E-state index contributed by atoms with van der Waals surface area (Å²) in [5.41, 5.74) is 5.33. The molecular formula is C14H17BrN2O3. The molecule has 6 heteroatoms. The highest BCUT2D eigenvalue weighted by Crippen LogP contribution is 2.22. The Morgan fingerprint density at radius 2 is 2.20 bits per heavy atom. The molecular weight excluding hydrogens is 324 g/mol. The van der Waals surface area contributed by atoms with Gasteiger partial charge in [0.1, 0.15) is 5.76 Å². The number of rotatable bonds is 3. The summed E-state index contributed by atoms with van der Waals surface area (Å²) in [5.74, 6) is -0.118. The van der Waals surface area contributed by atoms with E-state index in [4.69, 9.17) is 10.2 Å². The molecule has 2 N–H and O–H groups in total. The highest BCUT2D eigenvalue weighted by Gasteiger charge is 2.30. The third kappa shape index (κ3) is 3.50. The lowest BCUT2D eigenvalue weighted by Crippen LogP contribution is -2.48. The van der Waals surface area contributed by atoms with Crippen molar-refractivity contribution in [2.24, 2.45) is 11.7 Å². The van der Waals surface area contributed by atoms with Crippen LogP contribution in [0.5, 0.6) is 0 Å². The molecule has 1 aromatic rings. The minimum Gasteiger partial charge on any atom is -0.450 e. The van der Waals surface area contributed by atoms with Crippen molar-refractivity contribution in [1.82, 2.24) is 4.90 Å². The number of hydrogen-bond donors (Lipinski definition) is 1. The second kappa shape index (κ2) is 6.26. The molecule has 5 nitrogen and oxygen atoms in total. The summed E-state index contributed by atoms with van der Waals surface area (Å²) in [6.07, 6.45) is 4.62. The normalized spacial score (nSPS) is 23.2. The van der Waals surface area contributed by atoms with E-state index in [0.717, 1.165) is 12.8 Å². The molecule has 0 radical (unpaired) electrons. The zero-order chi connectivity index (χ0) is 14.7. The molecule has 108 valence electrons. The third-order valence-corrected chi connectivity index (χ3v) is 3.98. The predicted octanol–water partition coefficient (Wildman–Crippen LogP) is 2.17. The van der Waals surface area contributed by atoms with Gasteiger partial charge in [0, 0.05) is 18.7 Å². The lowest BCUT2D eigenvalue weighted by Gasteiger charge is -2.36. The number of nitrogens with zero attached hydrogens (tertiary/aromatic N) is 1. The zero-order valence-corrected chi connectivity index (χ0v) is 12.8. The van der Waals surface area contributed by atoms with Gasteiger partial charge >= 0.3 is 0 Å². The average molecular weight is 341 g/mol. The van der Waals surface area contributed by atoms with Gasteiger partial charge in [-0.1, -0.05) is 0 Å². The van der Waals surface area contributed by atoms with Crippen LogP contribution in [0.4, 0.5) is 0 Å². The van der Waals surface area contributed by atoms with Gasteiger partial charge in [-0.2, -0.15) is 0 Å². The van der Waals surface area contributed by atoms with Crippen LogP contribution in [0.25, 0.3) is 6.08 Å². The quantitative estimate of drug-likeness (QED) is 0.856. The molecule has 1 aromatic heterocycles. The molecule has 1 aliphatic heterocycles. The maximum Gasteiger partial charge on any atom is 0.246 e. The van der Waals surface area contributed by atoms with Gasteiger partial charge < -0.3 is 15.1 Å². The number of amides is 2. The Balaban J connectivity index is 2.03. The molecule has 2 rings (SSSR count). The van der Waals surface area contributed by atoms with E-state index in [1.54, 1.807) is 23.1 Å². The number of carbonyl (C=O) groups excluding carboxylic acids is 2. The van der Waals surface area contributed by atoms with E-state index < -0.39 is 0 Å². The van der Waals surface area contributed by atoms with Crippen molar-refractivity contribution in [3.63, 3.8) is 0 Å². The molecule has 0 saturated carbocycles. The van der Waals surface area contributed by atoms with Gasteiger partial charge in [0.2, 0.25) is 11.8 Å². The minimum absolute atomic E-state index is 0.117. The number of piperidine rings is 1. The monoisotopic (exact) mass is 340 g/mol. The molecule has 0 aliphatic carbocycles. The van der Waals surface area contributed by atoms with Crippen LogP contribution in [0.1, 0.15) is 25.5 Å². The minimum atomic E-state index is -0.339. The maximum atomic E-state index is 12.2. The summed E-state index contributed by atoms with van der Waals surface area (Å²) in [4.78, 5) is 25.1. The van der Waals surface area contributed by atoms with Crippen LogP contribution >= 0.6 is 15.9 Å². The van der Waals surface area contributed by atoms with E-state index in [9.17, 15) is 9.59 Å². The lowest BCUT2D eigenvalue weighted by molar-refractivity contribution is -0.133. The summed E-state index contributed by atoms with van der Waals surface area (Å²) < 4.78 is 5.91. The number of halogens is 1. The van der Waals surface area contributed by atoms with Crippen LogP contribution in [0.2, 0.25) is 0 Å². The van der Waals surface area contributed by atoms with Gasteiger partial charge in [-0.25, -0.2) is 0 Å². The fraction of sp³-hybridized carbons (Fsp3) is 0.429. The maximum absolute atomic E-state index is 12.2. The molecule has 2 atom stereocenters. The summed E-state index contributed by atoms with van der Waals surface area (Å²) in [6.45, 7) is 2.37. The Morgan fingerprint density at radius 3 is 2.80 bits per heavy atom. The summed E-state index contributed by atoms with van der Waals surface area (Å²) in [6, 6.07) is 3.64. The average Bonchev–Trinajstić information content (AvgIpc) is 2.82. The van der Waals surface area contributed by atoms with Crippen LogP contribution < -0.4 is 5.73 Å². The van der Waals surface area contributed by atoms with Crippen molar-refractivity contribution in [1.29, 1.82) is 0 Å². The Bertz CT molecular complexity index is 538. The standard InChI is InChI=1S/C14H17BrN2O3/c1-9-2-3-10(14(16)19)8-17(9)13(18)7-5-11-4-6-12(15)20-11/h4-7,9-10H,2-3,8H2,1H3,(H2,16,19)/b7-5+/t9-,10+/m1/s1. The van der Waals surface area contributed by atoms with Crippen molar-refractivity contribution >= 4 is 33.8 Å². The van der Waals surface area contributed by atoms with Gasteiger partial charge in [0.15, 0.2) is 4.67 Å². The second-order valence-electron chi connectivity index (χ2n) is 4.99. The van der Waals surface area contributed by atoms with Crippen molar-refractivity contribution in [3.8, 4) is 0 Å². The first kappa shape index (κ1) is 14.8. The third-order valence-electron chi connectivity index (χ3n) is 3.55. The number of carbonyl (C=O) groups is 2. The highest BCUT2D eigenvalue weighted by molar-refractivity contribution is 9.10. The van der Waals surface area contributed by atoms with Crippen LogP contribution in [-0.4, -0.2) is 29.3 Å². The van der Waals surface area contributed by atoms with E-state index in [-0.39, 0.29) is 23.8 Å². The molecule has 20 heavy (non-hydrogen) atoms. The van der Waals surface area contributed by atoms with Gasteiger partial charge in [-0.15, -0.1) is 0 Å². The first-order chi connectivity index (χ1) is 9.47. The van der Waals surface area contributed by atoms with Crippen LogP contribution in [-0.2, 0) is 9.59 Å². The molecule has 0 spiro atoms. The van der Waals surface area contributed by atoms with Crippen molar-refractivity contribution < 1.29 is 14.0 Å². The lowest BCUT2D eigenvalue weighted by atomic mass is 9.93. The largest absolute Gasteiger partial charge is 0.450 e. The number of hydrogen-bond acceptors (Lipinski definition) is 3. The van der Waals surface area contributed by atoms with E-state index in [0.29, 0.717) is 17.0 Å². The first-order valence-electron chi connectivity index (χ1n) is 6.50. The smallest absolute Gasteiger partial charge is 0.246 e. The zero-order valence-electron chi connectivity index (χ0n) is 11.2. The number of likely N-dealkylation sites (tertiary alicyclic amines) is 1. The molecule has 2 heterocycles. The highest BCUT2D eigenvalue weighted by atomic mass is 79.9.